The van der Waals surface area contributed by atoms with Gasteiger partial charge in [-0.1, -0.05) is 52.9 Å². The maximum atomic E-state index is 11.5. The van der Waals surface area contributed by atoms with Crippen LogP contribution in [-0.2, 0) is 4.79 Å². The van der Waals surface area contributed by atoms with Gasteiger partial charge in [0.25, 0.3) is 0 Å². The number of hydrogen-bond donors (Lipinski definition) is 1. The first-order chi connectivity index (χ1) is 8.15. The Hall–Kier alpha value is -0.240. The lowest BCUT2D eigenvalue weighted by Gasteiger charge is -2.19. The van der Waals surface area contributed by atoms with Gasteiger partial charge >= 0.3 is 0 Å². The second-order valence-electron chi connectivity index (χ2n) is 4.71. The Morgan fingerprint density at radius 1 is 1.12 bits per heavy atom. The zero-order valence-corrected chi connectivity index (χ0v) is 12.4. The molecule has 0 fully saturated rings. The molecule has 1 amide bonds. The van der Waals surface area contributed by atoms with Crippen molar-refractivity contribution in [3.8, 4) is 0 Å². The smallest absolute Gasteiger partial charge is 0.220 e. The Labute approximate surface area is 111 Å². The second-order valence-corrected chi connectivity index (χ2v) is 5.27. The van der Waals surface area contributed by atoms with Gasteiger partial charge in [0.15, 0.2) is 0 Å². The highest BCUT2D eigenvalue weighted by Gasteiger charge is 2.16. The summed E-state index contributed by atoms with van der Waals surface area (Å²) in [5.74, 6) is 0.662. The van der Waals surface area contributed by atoms with E-state index in [9.17, 15) is 4.79 Å². The Morgan fingerprint density at radius 2 is 1.76 bits per heavy atom. The third-order valence-electron chi connectivity index (χ3n) is 3.31. The van der Waals surface area contributed by atoms with Gasteiger partial charge in [-0.3, -0.25) is 4.79 Å². The number of rotatable bonds is 10. The molecule has 0 aliphatic rings. The molecule has 0 heterocycles. The van der Waals surface area contributed by atoms with Crippen molar-refractivity contribution >= 4 is 17.5 Å². The van der Waals surface area contributed by atoms with Crippen molar-refractivity contribution in [1.29, 1.82) is 0 Å². The lowest BCUT2D eigenvalue weighted by molar-refractivity contribution is -0.121. The average Bonchev–Trinajstić information content (AvgIpc) is 2.33. The van der Waals surface area contributed by atoms with E-state index in [1.165, 1.54) is 12.8 Å². The van der Waals surface area contributed by atoms with E-state index < -0.39 is 0 Å². The Balaban J connectivity index is 3.61. The van der Waals surface area contributed by atoms with Gasteiger partial charge in [0.2, 0.25) is 5.91 Å². The van der Waals surface area contributed by atoms with Gasteiger partial charge in [-0.15, -0.1) is 11.6 Å². The predicted molar refractivity (Wildman–Crippen MR) is 75.5 cm³/mol. The molecule has 0 bridgehead atoms. The van der Waals surface area contributed by atoms with Crippen molar-refractivity contribution in [3.63, 3.8) is 0 Å². The van der Waals surface area contributed by atoms with Crippen LogP contribution in [0, 0.1) is 5.92 Å². The fraction of sp³-hybridized carbons (Fsp3) is 0.929. The van der Waals surface area contributed by atoms with E-state index in [-0.39, 0.29) is 11.3 Å². The van der Waals surface area contributed by atoms with Crippen LogP contribution in [0.5, 0.6) is 0 Å². The summed E-state index contributed by atoms with van der Waals surface area (Å²) in [4.78, 5) is 11.5. The highest BCUT2D eigenvalue weighted by Crippen LogP contribution is 2.17. The number of amides is 1. The third kappa shape index (κ3) is 8.48. The number of nitrogens with one attached hydrogen (secondary N) is 1. The predicted octanol–water partition coefficient (Wildman–Crippen LogP) is 4.12. The molecule has 0 aromatic rings. The normalized spacial score (nSPS) is 12.8. The first kappa shape index (κ1) is 16.8. The van der Waals surface area contributed by atoms with Crippen LogP contribution >= 0.6 is 11.6 Å². The second kappa shape index (κ2) is 10.9. The molecule has 2 nitrogen and oxygen atoms in total. The quantitative estimate of drug-likeness (QED) is 0.465. The molecule has 0 aliphatic carbocycles. The molecule has 0 aromatic carbocycles. The molecule has 102 valence electrons. The number of alkyl halides is 1. The van der Waals surface area contributed by atoms with Crippen LogP contribution in [0.2, 0.25) is 0 Å². The molecule has 0 rings (SSSR count). The average molecular weight is 262 g/mol. The molecule has 0 saturated carbocycles. The van der Waals surface area contributed by atoms with Crippen LogP contribution < -0.4 is 5.32 Å². The summed E-state index contributed by atoms with van der Waals surface area (Å²) in [6, 6.07) is 0. The van der Waals surface area contributed by atoms with Crippen molar-refractivity contribution in [2.75, 3.05) is 6.54 Å². The van der Waals surface area contributed by atoms with Gasteiger partial charge in [-0.25, -0.2) is 0 Å². The summed E-state index contributed by atoms with van der Waals surface area (Å²) in [7, 11) is 0. The minimum absolute atomic E-state index is 0.0737. The van der Waals surface area contributed by atoms with Gasteiger partial charge < -0.3 is 5.32 Å². The maximum absolute atomic E-state index is 11.5. The molecule has 1 atom stereocenters. The van der Waals surface area contributed by atoms with E-state index >= 15 is 0 Å². The summed E-state index contributed by atoms with van der Waals surface area (Å²) >= 11 is 6.26. The molecule has 1 unspecified atom stereocenters. The number of hydrogen-bond acceptors (Lipinski definition) is 1. The van der Waals surface area contributed by atoms with Crippen LogP contribution in [0.1, 0.15) is 65.7 Å². The van der Waals surface area contributed by atoms with E-state index in [0.717, 1.165) is 25.7 Å². The Morgan fingerprint density at radius 3 is 2.29 bits per heavy atom. The summed E-state index contributed by atoms with van der Waals surface area (Å²) in [6.45, 7) is 7.08. The van der Waals surface area contributed by atoms with E-state index in [1.54, 1.807) is 0 Å². The van der Waals surface area contributed by atoms with Gasteiger partial charge in [-0.2, -0.15) is 0 Å². The first-order valence-corrected chi connectivity index (χ1v) is 7.50. The molecular weight excluding hydrogens is 234 g/mol. The molecular formula is C14H28ClNO. The molecule has 0 aliphatic heterocycles. The zero-order chi connectivity index (χ0) is 13.1. The first-order valence-electron chi connectivity index (χ1n) is 7.06. The molecule has 17 heavy (non-hydrogen) atoms. The molecule has 0 aromatic heterocycles. The van der Waals surface area contributed by atoms with Crippen LogP contribution in [0.4, 0.5) is 0 Å². The maximum Gasteiger partial charge on any atom is 0.220 e. The van der Waals surface area contributed by atoms with Crippen molar-refractivity contribution in [2.45, 2.75) is 71.1 Å². The van der Waals surface area contributed by atoms with Crippen LogP contribution in [0.15, 0.2) is 0 Å². The third-order valence-corrected chi connectivity index (χ3v) is 3.82. The Bertz CT molecular complexity index is 193. The highest BCUT2D eigenvalue weighted by molar-refractivity contribution is 6.21. The van der Waals surface area contributed by atoms with E-state index in [1.807, 2.05) is 0 Å². The van der Waals surface area contributed by atoms with Crippen molar-refractivity contribution < 1.29 is 4.79 Å². The van der Waals surface area contributed by atoms with Crippen LogP contribution in [0.3, 0.4) is 0 Å². The molecule has 0 radical (unpaired) electrons. The van der Waals surface area contributed by atoms with Crippen molar-refractivity contribution in [3.05, 3.63) is 0 Å². The van der Waals surface area contributed by atoms with Gasteiger partial charge in [0, 0.05) is 13.0 Å². The molecule has 3 heteroatoms. The Kier molecular flexibility index (Phi) is 10.7. The molecule has 0 spiro atoms. The number of carbonyl (C=O) groups is 1. The van der Waals surface area contributed by atoms with E-state index in [0.29, 0.717) is 18.9 Å². The topological polar surface area (TPSA) is 29.1 Å². The minimum atomic E-state index is 0.0737. The number of halogens is 1. The molecule has 1 N–H and O–H groups in total. The largest absolute Gasteiger partial charge is 0.355 e. The zero-order valence-electron chi connectivity index (χ0n) is 11.6. The van der Waals surface area contributed by atoms with Crippen LogP contribution in [0.25, 0.3) is 0 Å². The standard InChI is InChI=1S/C14H28ClNO/c1-4-7-8-9-10-14(17)16-11-13(15)12(5-2)6-3/h12-13H,4-11H2,1-3H3,(H,16,17). The SMILES string of the molecule is CCCCCCC(=O)NCC(Cl)C(CC)CC. The van der Waals surface area contributed by atoms with Crippen molar-refractivity contribution in [2.24, 2.45) is 5.92 Å². The lowest BCUT2D eigenvalue weighted by atomic mass is 9.99. The lowest BCUT2D eigenvalue weighted by Crippen LogP contribution is -2.33. The minimum Gasteiger partial charge on any atom is -0.355 e. The van der Waals surface area contributed by atoms with Crippen LogP contribution in [-0.4, -0.2) is 17.8 Å². The van der Waals surface area contributed by atoms with Gasteiger partial charge in [0.05, 0.1) is 5.38 Å². The van der Waals surface area contributed by atoms with Crippen molar-refractivity contribution in [1.82, 2.24) is 5.32 Å². The van der Waals surface area contributed by atoms with E-state index in [4.69, 9.17) is 11.6 Å². The number of carbonyl (C=O) groups excluding carboxylic acids is 1. The highest BCUT2D eigenvalue weighted by atomic mass is 35.5. The fourth-order valence-corrected chi connectivity index (χ4v) is 2.41. The van der Waals surface area contributed by atoms with Gasteiger partial charge in [-0.05, 0) is 12.3 Å². The van der Waals surface area contributed by atoms with E-state index in [2.05, 4.69) is 26.1 Å². The summed E-state index contributed by atoms with van der Waals surface area (Å²) in [5.41, 5.74) is 0. The summed E-state index contributed by atoms with van der Waals surface area (Å²) < 4.78 is 0. The monoisotopic (exact) mass is 261 g/mol. The number of unbranched alkanes of at least 4 members (excludes halogenated alkanes) is 3. The summed E-state index contributed by atoms with van der Waals surface area (Å²) in [5, 5.41) is 3.01. The molecule has 0 saturated heterocycles. The summed E-state index contributed by atoms with van der Waals surface area (Å²) in [6.07, 6.45) is 7.39. The fourth-order valence-electron chi connectivity index (χ4n) is 1.98. The van der Waals surface area contributed by atoms with Gasteiger partial charge in [0.1, 0.15) is 0 Å².